The molecule has 0 spiro atoms. The van der Waals surface area contributed by atoms with Gasteiger partial charge in [0.25, 0.3) is 0 Å². The minimum absolute atomic E-state index is 0.195. The van der Waals surface area contributed by atoms with E-state index in [4.69, 9.17) is 0 Å². The minimum atomic E-state index is -4.77. The predicted octanol–water partition coefficient (Wildman–Crippen LogP) is 3.11. The van der Waals surface area contributed by atoms with E-state index in [1.54, 1.807) is 25.2 Å². The molecule has 0 bridgehead atoms. The lowest BCUT2D eigenvalue weighted by Gasteiger charge is -2.15. The zero-order chi connectivity index (χ0) is 18.2. The highest BCUT2D eigenvalue weighted by molar-refractivity contribution is 5.96. The van der Waals surface area contributed by atoms with Gasteiger partial charge in [0.05, 0.1) is 6.54 Å². The smallest absolute Gasteiger partial charge is 0.406 e. The molecule has 5 nitrogen and oxygen atoms in total. The number of likely N-dealkylation sites (N-methyl/N-ethyl adjacent to an activating group) is 1. The van der Waals surface area contributed by atoms with Gasteiger partial charge < -0.3 is 15.0 Å². The molecular weight excluding hydrogens is 325 g/mol. The number of hydrogen-bond acceptors (Lipinski definition) is 3. The third kappa shape index (κ3) is 7.48. The molecule has 24 heavy (non-hydrogen) atoms. The molecule has 0 saturated heterocycles. The fourth-order valence-electron chi connectivity index (χ4n) is 1.61. The minimum Gasteiger partial charge on any atom is -0.406 e. The van der Waals surface area contributed by atoms with Gasteiger partial charge in [-0.05, 0) is 31.2 Å². The lowest BCUT2D eigenvalue weighted by molar-refractivity contribution is -0.274. The van der Waals surface area contributed by atoms with Crippen LogP contribution >= 0.6 is 0 Å². The third-order valence-electron chi connectivity index (χ3n) is 2.67. The Morgan fingerprint density at radius 1 is 1.21 bits per heavy atom. The number of benzene rings is 1. The molecule has 1 aromatic rings. The Labute approximate surface area is 137 Å². The maximum Gasteiger partial charge on any atom is 0.573 e. The number of halogens is 3. The van der Waals surface area contributed by atoms with Gasteiger partial charge in [0.15, 0.2) is 0 Å². The highest BCUT2D eigenvalue weighted by Crippen LogP contribution is 2.23. The topological polar surface area (TPSA) is 58.6 Å². The molecule has 1 rings (SSSR count). The summed E-state index contributed by atoms with van der Waals surface area (Å²) in [6.45, 7) is 1.61. The first kappa shape index (κ1) is 19.3. The number of carbonyl (C=O) groups is 2. The summed E-state index contributed by atoms with van der Waals surface area (Å²) in [5.74, 6) is -1.21. The lowest BCUT2D eigenvalue weighted by Crippen LogP contribution is -2.33. The van der Waals surface area contributed by atoms with Crippen LogP contribution in [0.4, 0.5) is 18.9 Å². The van der Waals surface area contributed by atoms with E-state index in [0.29, 0.717) is 5.69 Å². The second-order valence-corrected chi connectivity index (χ2v) is 4.70. The zero-order valence-corrected chi connectivity index (χ0v) is 13.1. The van der Waals surface area contributed by atoms with Gasteiger partial charge in [0.2, 0.25) is 11.8 Å². The summed E-state index contributed by atoms with van der Waals surface area (Å²) in [6.07, 6.45) is 1.53. The lowest BCUT2D eigenvalue weighted by atomic mass is 10.3. The van der Waals surface area contributed by atoms with Crippen LogP contribution in [0.3, 0.4) is 0 Å². The van der Waals surface area contributed by atoms with E-state index in [1.165, 1.54) is 30.2 Å². The first-order valence-corrected chi connectivity index (χ1v) is 6.91. The molecule has 1 N–H and O–H groups in total. The van der Waals surface area contributed by atoms with Crippen molar-refractivity contribution in [3.05, 3.63) is 48.6 Å². The van der Waals surface area contributed by atoms with Crippen LogP contribution in [0.2, 0.25) is 0 Å². The molecule has 0 fully saturated rings. The Morgan fingerprint density at radius 3 is 2.38 bits per heavy atom. The molecule has 0 heterocycles. The number of allylic oxidation sites excluding steroid dienone is 3. The number of rotatable bonds is 6. The first-order valence-electron chi connectivity index (χ1n) is 6.91. The SMILES string of the molecule is C/C=C/C=C/C(=O)N(C)CC(=O)Nc1ccc(OC(F)(F)F)cc1. The van der Waals surface area contributed by atoms with E-state index in [-0.39, 0.29) is 18.2 Å². The van der Waals surface area contributed by atoms with Gasteiger partial charge in [0.1, 0.15) is 5.75 Å². The van der Waals surface area contributed by atoms with Crippen LogP contribution in [0.5, 0.6) is 5.75 Å². The van der Waals surface area contributed by atoms with Crippen molar-refractivity contribution < 1.29 is 27.5 Å². The average Bonchev–Trinajstić information content (AvgIpc) is 2.47. The number of amides is 2. The number of ether oxygens (including phenoxy) is 1. The van der Waals surface area contributed by atoms with Crippen molar-refractivity contribution in [3.8, 4) is 5.75 Å². The average molecular weight is 342 g/mol. The molecule has 0 radical (unpaired) electrons. The van der Waals surface area contributed by atoms with Crippen molar-refractivity contribution >= 4 is 17.5 Å². The molecule has 0 saturated carbocycles. The van der Waals surface area contributed by atoms with E-state index in [9.17, 15) is 22.8 Å². The van der Waals surface area contributed by atoms with Gasteiger partial charge in [0, 0.05) is 18.8 Å². The van der Waals surface area contributed by atoms with Crippen molar-refractivity contribution in [2.75, 3.05) is 18.9 Å². The van der Waals surface area contributed by atoms with Crippen LogP contribution in [0.15, 0.2) is 48.6 Å². The second-order valence-electron chi connectivity index (χ2n) is 4.70. The molecule has 8 heteroatoms. The summed E-state index contributed by atoms with van der Waals surface area (Å²) in [5, 5.41) is 2.48. The molecule has 2 amide bonds. The Morgan fingerprint density at radius 2 is 1.83 bits per heavy atom. The molecule has 130 valence electrons. The summed E-state index contributed by atoms with van der Waals surface area (Å²) >= 11 is 0. The van der Waals surface area contributed by atoms with Crippen LogP contribution in [0.25, 0.3) is 0 Å². The number of alkyl halides is 3. The number of nitrogens with zero attached hydrogens (tertiary/aromatic N) is 1. The van der Waals surface area contributed by atoms with E-state index in [1.807, 2.05) is 0 Å². The molecular formula is C16H17F3N2O3. The van der Waals surface area contributed by atoms with Crippen molar-refractivity contribution in [1.82, 2.24) is 4.90 Å². The quantitative estimate of drug-likeness (QED) is 0.638. The maximum absolute atomic E-state index is 12.0. The highest BCUT2D eigenvalue weighted by atomic mass is 19.4. The van der Waals surface area contributed by atoms with Crippen molar-refractivity contribution in [2.24, 2.45) is 0 Å². The molecule has 0 aromatic heterocycles. The predicted molar refractivity (Wildman–Crippen MR) is 83.3 cm³/mol. The zero-order valence-electron chi connectivity index (χ0n) is 13.1. The maximum atomic E-state index is 12.0. The number of nitrogens with one attached hydrogen (secondary N) is 1. The number of hydrogen-bond donors (Lipinski definition) is 1. The highest BCUT2D eigenvalue weighted by Gasteiger charge is 2.30. The van der Waals surface area contributed by atoms with E-state index in [2.05, 4.69) is 10.1 Å². The summed E-state index contributed by atoms with van der Waals surface area (Å²) in [5.41, 5.74) is 0.292. The standard InChI is InChI=1S/C16H17F3N2O3/c1-3-4-5-6-15(23)21(2)11-14(22)20-12-7-9-13(10-8-12)24-16(17,18)19/h3-10H,11H2,1-2H3,(H,20,22)/b4-3+,6-5+. The van der Waals surface area contributed by atoms with Gasteiger partial charge >= 0.3 is 6.36 Å². The van der Waals surface area contributed by atoms with Gasteiger partial charge in [-0.15, -0.1) is 13.2 Å². The van der Waals surface area contributed by atoms with Crippen LogP contribution in [0, 0.1) is 0 Å². The molecule has 0 aliphatic rings. The monoisotopic (exact) mass is 342 g/mol. The van der Waals surface area contributed by atoms with Gasteiger partial charge in [-0.2, -0.15) is 0 Å². The summed E-state index contributed by atoms with van der Waals surface area (Å²) in [4.78, 5) is 24.7. The van der Waals surface area contributed by atoms with Crippen molar-refractivity contribution in [3.63, 3.8) is 0 Å². The molecule has 0 atom stereocenters. The second kappa shape index (κ2) is 8.76. The molecule has 0 aliphatic carbocycles. The first-order chi connectivity index (χ1) is 11.2. The normalized spacial score (nSPS) is 11.7. The van der Waals surface area contributed by atoms with Crippen LogP contribution in [0.1, 0.15) is 6.92 Å². The molecule has 0 aliphatic heterocycles. The Balaban J connectivity index is 2.54. The van der Waals surface area contributed by atoms with E-state index in [0.717, 1.165) is 12.1 Å². The fraction of sp³-hybridized carbons (Fsp3) is 0.250. The Hall–Kier alpha value is -2.77. The number of carbonyl (C=O) groups excluding carboxylic acids is 2. The van der Waals surface area contributed by atoms with Crippen LogP contribution in [-0.4, -0.2) is 36.7 Å². The fourth-order valence-corrected chi connectivity index (χ4v) is 1.61. The van der Waals surface area contributed by atoms with E-state index >= 15 is 0 Å². The summed E-state index contributed by atoms with van der Waals surface area (Å²) in [6, 6.07) is 4.70. The van der Waals surface area contributed by atoms with Gasteiger partial charge in [-0.3, -0.25) is 9.59 Å². The van der Waals surface area contributed by atoms with Crippen molar-refractivity contribution in [2.45, 2.75) is 13.3 Å². The Kier molecular flexibility index (Phi) is 7.03. The van der Waals surface area contributed by atoms with Crippen LogP contribution in [-0.2, 0) is 9.59 Å². The summed E-state index contributed by atoms with van der Waals surface area (Å²) < 4.78 is 39.9. The molecule has 1 aromatic carbocycles. The Bertz CT molecular complexity index is 622. The number of anilines is 1. The van der Waals surface area contributed by atoms with Crippen molar-refractivity contribution in [1.29, 1.82) is 0 Å². The third-order valence-corrected chi connectivity index (χ3v) is 2.67. The van der Waals surface area contributed by atoms with Crippen LogP contribution < -0.4 is 10.1 Å². The van der Waals surface area contributed by atoms with E-state index < -0.39 is 12.3 Å². The van der Waals surface area contributed by atoms with Gasteiger partial charge in [-0.1, -0.05) is 18.2 Å². The molecule has 0 unspecified atom stereocenters. The largest absolute Gasteiger partial charge is 0.573 e. The van der Waals surface area contributed by atoms with Gasteiger partial charge in [-0.25, -0.2) is 0 Å². The summed E-state index contributed by atoms with van der Waals surface area (Å²) in [7, 11) is 1.46.